The van der Waals surface area contributed by atoms with Gasteiger partial charge in [0.05, 0.1) is 37.3 Å². The topological polar surface area (TPSA) is 207 Å². The van der Waals surface area contributed by atoms with Gasteiger partial charge in [-0.05, 0) is 182 Å². The van der Waals surface area contributed by atoms with Crippen LogP contribution >= 0.6 is 0 Å². The molecule has 380 valence electrons. The average Bonchev–Trinajstić information content (AvgIpc) is 3.41. The number of nitrogens with two attached hydrogens (primary N) is 1. The molecule has 5 aliphatic carbocycles. The molecular formula is C59H76N4O8. The Morgan fingerprint density at radius 3 is 2.52 bits per heavy atom. The Bertz CT molecular complexity index is 2620. The minimum atomic E-state index is -1.34. The van der Waals surface area contributed by atoms with Crippen molar-refractivity contribution in [2.24, 2.45) is 58.5 Å². The van der Waals surface area contributed by atoms with E-state index in [1.165, 1.54) is 12.7 Å². The normalized spacial score (nSPS) is 34.8. The molecule has 10 rings (SSSR count). The van der Waals surface area contributed by atoms with E-state index < -0.39 is 35.7 Å². The van der Waals surface area contributed by atoms with Gasteiger partial charge in [0, 0.05) is 43.7 Å². The maximum absolute atomic E-state index is 14.8. The van der Waals surface area contributed by atoms with Gasteiger partial charge in [-0.1, -0.05) is 68.2 Å². The van der Waals surface area contributed by atoms with Crippen molar-refractivity contribution in [3.05, 3.63) is 94.3 Å². The number of allylic oxidation sites excluding steroid dienone is 2. The standard InChI is InChI=1S/C59H76N4O8/c1-4-32-29-63-55(60)28-45(32)44(35-11-10-33-8-6-7-9-34(33)18-35)27-49(66)48(65)21-37-14-16-59(53(69)13-12-36-23-52(71-3)50(67)26-42(36)37)17-15-38(24-54(59)70)43-20-40-30-62-47-25-41(64)19-39-22-51(68)58(57(40)56(39)47)46(43)31-61-5-2/h6-11,18,23,26,28,37-40,43-44,46-49,51,54,56-58,61-63,65-68,70H,4-5,12-13,15,17,19-22,24-25,27,29-31,60H2,1-3H3. The van der Waals surface area contributed by atoms with Gasteiger partial charge in [0.1, 0.15) is 11.2 Å². The van der Waals surface area contributed by atoms with Crippen molar-refractivity contribution in [2.45, 2.75) is 133 Å². The highest BCUT2D eigenvalue weighted by Crippen LogP contribution is 2.60. The third kappa shape index (κ3) is 9.45. The molecule has 2 aliphatic heterocycles. The summed E-state index contributed by atoms with van der Waals surface area (Å²) < 4.78 is 5.55. The van der Waals surface area contributed by atoms with Gasteiger partial charge in [0.2, 0.25) is 0 Å². The summed E-state index contributed by atoms with van der Waals surface area (Å²) in [4.78, 5) is 27.6. The summed E-state index contributed by atoms with van der Waals surface area (Å²) in [6.45, 7) is 7.25. The van der Waals surface area contributed by atoms with E-state index in [0.29, 0.717) is 86.4 Å². The molecule has 1 spiro atoms. The zero-order valence-corrected chi connectivity index (χ0v) is 41.8. The highest BCUT2D eigenvalue weighted by molar-refractivity contribution is 5.89. The summed E-state index contributed by atoms with van der Waals surface area (Å²) >= 11 is 0. The number of phenolic OH excluding ortho intramolecular Hbond substituents is 1. The number of hydrogen-bond acceptors (Lipinski definition) is 12. The lowest BCUT2D eigenvalue weighted by molar-refractivity contribution is -0.166. The van der Waals surface area contributed by atoms with Crippen LogP contribution in [0.2, 0.25) is 0 Å². The second kappa shape index (κ2) is 20.6. The summed E-state index contributed by atoms with van der Waals surface area (Å²) in [5.74, 6) is 8.76. The monoisotopic (exact) mass is 969 g/mol. The van der Waals surface area contributed by atoms with Crippen LogP contribution in [0.1, 0.15) is 113 Å². The summed E-state index contributed by atoms with van der Waals surface area (Å²) in [7, 11) is 1.49. The lowest BCUT2D eigenvalue weighted by atomic mass is 9.45. The van der Waals surface area contributed by atoms with Crippen molar-refractivity contribution in [1.82, 2.24) is 16.0 Å². The number of carbonyl (C=O) groups excluding carboxylic acids is 2. The van der Waals surface area contributed by atoms with Crippen molar-refractivity contribution in [3.8, 4) is 23.3 Å². The van der Waals surface area contributed by atoms with E-state index >= 15 is 0 Å². The Kier molecular flexibility index (Phi) is 14.5. The first-order valence-electron chi connectivity index (χ1n) is 26.9. The molecule has 7 aliphatic rings. The van der Waals surface area contributed by atoms with Crippen LogP contribution in [0.3, 0.4) is 0 Å². The number of rotatable bonds is 13. The van der Waals surface area contributed by atoms with E-state index in [9.17, 15) is 35.1 Å². The molecule has 1 saturated heterocycles. The van der Waals surface area contributed by atoms with Crippen molar-refractivity contribution in [1.29, 1.82) is 0 Å². The summed E-state index contributed by atoms with van der Waals surface area (Å²) in [5, 5.41) is 73.1. The molecule has 2 heterocycles. The number of carbonyl (C=O) groups is 2. The van der Waals surface area contributed by atoms with Crippen LogP contribution in [-0.2, 0) is 16.0 Å². The van der Waals surface area contributed by atoms with Gasteiger partial charge in [0.15, 0.2) is 17.3 Å². The minimum absolute atomic E-state index is 0.0188. The molecule has 0 radical (unpaired) electrons. The molecule has 4 saturated carbocycles. The van der Waals surface area contributed by atoms with Gasteiger partial charge in [-0.15, -0.1) is 0 Å². The van der Waals surface area contributed by atoms with Crippen molar-refractivity contribution in [2.75, 3.05) is 33.3 Å². The van der Waals surface area contributed by atoms with E-state index in [0.717, 1.165) is 59.9 Å². The molecule has 0 aromatic heterocycles. The third-order valence-corrected chi connectivity index (χ3v) is 18.9. The number of fused-ring (bicyclic) bond motifs is 2. The average molecular weight is 969 g/mol. The molecule has 3 aromatic rings. The Morgan fingerprint density at radius 1 is 0.930 bits per heavy atom. The van der Waals surface area contributed by atoms with Gasteiger partial charge in [-0.3, -0.25) is 9.59 Å². The number of aromatic hydroxyl groups is 1. The first-order valence-corrected chi connectivity index (χ1v) is 26.9. The summed E-state index contributed by atoms with van der Waals surface area (Å²) in [6.07, 6.45) is 3.76. The van der Waals surface area contributed by atoms with Gasteiger partial charge >= 0.3 is 0 Å². The number of aryl methyl sites for hydroxylation is 1. The summed E-state index contributed by atoms with van der Waals surface area (Å²) in [5.41, 5.74) is 9.68. The molecular weight excluding hydrogens is 893 g/mol. The third-order valence-electron chi connectivity index (χ3n) is 18.9. The maximum atomic E-state index is 14.8. The number of aliphatic hydroxyl groups is 4. The molecule has 12 nitrogen and oxygen atoms in total. The highest BCUT2D eigenvalue weighted by Gasteiger charge is 2.61. The number of phenols is 1. The number of dihydropyridines is 1. The molecule has 0 bridgehead atoms. The number of aliphatic hydroxyl groups excluding tert-OH is 4. The van der Waals surface area contributed by atoms with Crippen molar-refractivity contribution in [3.63, 3.8) is 0 Å². The Balaban J connectivity index is 0.938. The van der Waals surface area contributed by atoms with E-state index in [1.807, 2.05) is 18.2 Å². The summed E-state index contributed by atoms with van der Waals surface area (Å²) in [6, 6.07) is 18.1. The van der Waals surface area contributed by atoms with E-state index in [4.69, 9.17) is 10.5 Å². The van der Waals surface area contributed by atoms with Gasteiger partial charge in [-0.2, -0.15) is 0 Å². The highest BCUT2D eigenvalue weighted by atomic mass is 16.5. The van der Waals surface area contributed by atoms with E-state index in [-0.39, 0.29) is 78.1 Å². The number of piperidine rings is 1. The lowest BCUT2D eigenvalue weighted by Gasteiger charge is -2.63. The number of methoxy groups -OCH3 is 1. The number of hydrogen-bond donors (Lipinski definition) is 9. The first kappa shape index (κ1) is 49.8. The van der Waals surface area contributed by atoms with Gasteiger partial charge in [0.25, 0.3) is 0 Å². The van der Waals surface area contributed by atoms with Crippen LogP contribution in [0.4, 0.5) is 0 Å². The molecule has 71 heavy (non-hydrogen) atoms. The zero-order chi connectivity index (χ0) is 49.7. The zero-order valence-electron chi connectivity index (χ0n) is 41.8. The number of ether oxygens (including phenoxy) is 1. The molecule has 16 unspecified atom stereocenters. The smallest absolute Gasteiger partial charge is 0.160 e. The Hall–Kier alpha value is -4.74. The van der Waals surface area contributed by atoms with Crippen LogP contribution in [0.25, 0.3) is 10.8 Å². The molecule has 10 N–H and O–H groups in total. The molecule has 12 heteroatoms. The van der Waals surface area contributed by atoms with Crippen LogP contribution in [-0.4, -0.2) is 101 Å². The van der Waals surface area contributed by atoms with Crippen molar-refractivity contribution >= 4 is 22.3 Å². The SMILES string of the molecule is CCNCC1C(C2CCC3(C#CC(CC(O)C(O)CC(C4=C(CC)CNC(N)=C4)c4ccc5ccccc5c4)c4cc(O)c(OC)cc4CCC3=O)C(O)C2)CC2CNC3CC(=O)CC4CC(O)C1C2C43. The predicted octanol–water partition coefficient (Wildman–Crippen LogP) is 6.13. The molecule has 16 atom stereocenters. The van der Waals surface area contributed by atoms with Crippen LogP contribution in [0.15, 0.2) is 77.6 Å². The van der Waals surface area contributed by atoms with Crippen LogP contribution in [0.5, 0.6) is 11.5 Å². The number of nitrogens with one attached hydrogen (secondary N) is 3. The maximum Gasteiger partial charge on any atom is 0.160 e. The lowest BCUT2D eigenvalue weighted by Crippen LogP contribution is -2.66. The first-order chi connectivity index (χ1) is 34.3. The Labute approximate surface area is 419 Å². The van der Waals surface area contributed by atoms with Crippen molar-refractivity contribution < 1.29 is 39.9 Å². The van der Waals surface area contributed by atoms with Gasteiger partial charge < -0.3 is 52.0 Å². The Morgan fingerprint density at radius 2 is 1.75 bits per heavy atom. The molecule has 5 fully saturated rings. The largest absolute Gasteiger partial charge is 0.504 e. The second-order valence-corrected chi connectivity index (χ2v) is 22.5. The van der Waals surface area contributed by atoms with Crippen LogP contribution in [0, 0.1) is 64.6 Å². The fourth-order valence-corrected chi connectivity index (χ4v) is 15.4. The number of ketones is 2. The fraction of sp³-hybridized carbons (Fsp3) is 0.593. The minimum Gasteiger partial charge on any atom is -0.504 e. The quantitative estimate of drug-likeness (QED) is 0.0889. The van der Waals surface area contributed by atoms with Gasteiger partial charge in [-0.25, -0.2) is 0 Å². The molecule has 3 aromatic carbocycles. The van der Waals surface area contributed by atoms with E-state index in [2.05, 4.69) is 72.0 Å². The van der Waals surface area contributed by atoms with E-state index in [1.54, 1.807) is 12.1 Å². The molecule has 0 amide bonds. The number of benzene rings is 3. The fourth-order valence-electron chi connectivity index (χ4n) is 15.4. The number of Topliss-reactive ketones (excluding diaryl/α,β-unsaturated/α-hetero) is 2. The second-order valence-electron chi connectivity index (χ2n) is 22.5. The predicted molar refractivity (Wildman–Crippen MR) is 274 cm³/mol. The van der Waals surface area contributed by atoms with Crippen LogP contribution < -0.4 is 26.4 Å².